The summed E-state index contributed by atoms with van der Waals surface area (Å²) >= 11 is 5.92. The molecule has 0 amide bonds. The molecule has 0 spiro atoms. The molecule has 0 unspecified atom stereocenters. The molecule has 1 saturated heterocycles. The van der Waals surface area contributed by atoms with Crippen molar-refractivity contribution in [1.29, 1.82) is 0 Å². The van der Waals surface area contributed by atoms with E-state index in [-0.39, 0.29) is 6.10 Å². The first-order chi connectivity index (χ1) is 10.8. The van der Waals surface area contributed by atoms with Gasteiger partial charge >= 0.3 is 0 Å². The Hall–Kier alpha value is -1.62. The highest BCUT2D eigenvalue weighted by Crippen LogP contribution is 2.14. The van der Waals surface area contributed by atoms with Crippen LogP contribution in [0.25, 0.3) is 0 Å². The first-order valence-electron chi connectivity index (χ1n) is 7.42. The molecule has 116 valence electrons. The summed E-state index contributed by atoms with van der Waals surface area (Å²) in [4.78, 5) is 6.53. The number of hydrogen-bond acceptors (Lipinski definition) is 4. The number of nitrogens with zero attached hydrogens (tertiary/aromatic N) is 2. The standard InChI is InChI=1S/C17H19ClN2O2/c18-15-6-4-14(5-7-15)11-20-9-10-21-16(12-20)13-22-17-3-1-2-8-19-17/h1-8,16H,9-13H2/t16-/m0/s1. The molecule has 3 rings (SSSR count). The largest absolute Gasteiger partial charge is 0.475 e. The van der Waals surface area contributed by atoms with Gasteiger partial charge in [0.05, 0.1) is 6.61 Å². The average Bonchev–Trinajstić information content (AvgIpc) is 2.57. The maximum absolute atomic E-state index is 5.92. The summed E-state index contributed by atoms with van der Waals surface area (Å²) in [6, 6.07) is 13.6. The van der Waals surface area contributed by atoms with Gasteiger partial charge in [0.15, 0.2) is 0 Å². The maximum atomic E-state index is 5.92. The third kappa shape index (κ3) is 4.44. The highest BCUT2D eigenvalue weighted by Gasteiger charge is 2.21. The van der Waals surface area contributed by atoms with Gasteiger partial charge in [0.25, 0.3) is 0 Å². The van der Waals surface area contributed by atoms with Crippen LogP contribution in [0.3, 0.4) is 0 Å². The van der Waals surface area contributed by atoms with Gasteiger partial charge < -0.3 is 9.47 Å². The number of rotatable bonds is 5. The van der Waals surface area contributed by atoms with Crippen molar-refractivity contribution in [2.75, 3.05) is 26.3 Å². The van der Waals surface area contributed by atoms with Crippen molar-refractivity contribution in [2.24, 2.45) is 0 Å². The predicted octanol–water partition coefficient (Wildman–Crippen LogP) is 3.01. The Morgan fingerprint density at radius 2 is 2.09 bits per heavy atom. The first kappa shape index (κ1) is 15.3. The summed E-state index contributed by atoms with van der Waals surface area (Å²) < 4.78 is 11.5. The second-order valence-corrected chi connectivity index (χ2v) is 5.77. The minimum Gasteiger partial charge on any atom is -0.475 e. The molecule has 2 aromatic rings. The number of benzene rings is 1. The molecule has 0 bridgehead atoms. The Bertz CT molecular complexity index is 577. The van der Waals surface area contributed by atoms with Crippen LogP contribution in [0.5, 0.6) is 5.88 Å². The van der Waals surface area contributed by atoms with E-state index in [0.29, 0.717) is 12.5 Å². The third-order valence-electron chi connectivity index (χ3n) is 3.60. The van der Waals surface area contributed by atoms with Gasteiger partial charge in [-0.1, -0.05) is 29.8 Å². The fourth-order valence-electron chi connectivity index (χ4n) is 2.48. The maximum Gasteiger partial charge on any atom is 0.213 e. The number of ether oxygens (including phenoxy) is 2. The van der Waals surface area contributed by atoms with Gasteiger partial charge in [0.1, 0.15) is 12.7 Å². The molecule has 0 saturated carbocycles. The minimum atomic E-state index is 0.0723. The van der Waals surface area contributed by atoms with E-state index in [1.54, 1.807) is 6.20 Å². The number of aromatic nitrogens is 1. The van der Waals surface area contributed by atoms with Crippen LogP contribution in [0.4, 0.5) is 0 Å². The van der Waals surface area contributed by atoms with Crippen LogP contribution >= 0.6 is 11.6 Å². The van der Waals surface area contributed by atoms with Gasteiger partial charge in [-0.05, 0) is 23.8 Å². The third-order valence-corrected chi connectivity index (χ3v) is 3.85. The Kier molecular flexibility index (Phi) is 5.27. The molecule has 22 heavy (non-hydrogen) atoms. The predicted molar refractivity (Wildman–Crippen MR) is 86.2 cm³/mol. The fourth-order valence-corrected chi connectivity index (χ4v) is 2.61. The zero-order valence-corrected chi connectivity index (χ0v) is 13.1. The SMILES string of the molecule is Clc1ccc(CN2CCO[C@H](COc3ccccn3)C2)cc1. The van der Waals surface area contributed by atoms with Gasteiger partial charge in [-0.3, -0.25) is 4.90 Å². The number of halogens is 1. The Balaban J connectivity index is 1.49. The van der Waals surface area contributed by atoms with Crippen LogP contribution in [0.15, 0.2) is 48.7 Å². The highest BCUT2D eigenvalue weighted by molar-refractivity contribution is 6.30. The molecule has 0 radical (unpaired) electrons. The molecule has 4 nitrogen and oxygen atoms in total. The van der Waals surface area contributed by atoms with Gasteiger partial charge in [-0.25, -0.2) is 4.98 Å². The zero-order valence-electron chi connectivity index (χ0n) is 12.3. The van der Waals surface area contributed by atoms with E-state index in [9.17, 15) is 0 Å². The lowest BCUT2D eigenvalue weighted by Crippen LogP contribution is -2.44. The number of morpholine rings is 1. The van der Waals surface area contributed by atoms with E-state index in [1.807, 2.05) is 30.3 Å². The van der Waals surface area contributed by atoms with Crippen molar-refractivity contribution in [3.8, 4) is 5.88 Å². The quantitative estimate of drug-likeness (QED) is 0.849. The topological polar surface area (TPSA) is 34.6 Å². The van der Waals surface area contributed by atoms with E-state index in [2.05, 4.69) is 22.0 Å². The molecule has 1 atom stereocenters. The van der Waals surface area contributed by atoms with Crippen molar-refractivity contribution >= 4 is 11.6 Å². The van der Waals surface area contributed by atoms with E-state index in [4.69, 9.17) is 21.1 Å². The molecule has 0 N–H and O–H groups in total. The monoisotopic (exact) mass is 318 g/mol. The molecule has 0 aliphatic carbocycles. The summed E-state index contributed by atoms with van der Waals surface area (Å²) in [6.45, 7) is 3.94. The van der Waals surface area contributed by atoms with Crippen LogP contribution in [-0.2, 0) is 11.3 Å². The molecule has 5 heteroatoms. The van der Waals surface area contributed by atoms with E-state index in [1.165, 1.54) is 5.56 Å². The molecular weight excluding hydrogens is 300 g/mol. The summed E-state index contributed by atoms with van der Waals surface area (Å²) in [5.41, 5.74) is 1.26. The van der Waals surface area contributed by atoms with Crippen molar-refractivity contribution in [2.45, 2.75) is 12.6 Å². The van der Waals surface area contributed by atoms with Crippen LogP contribution in [0.1, 0.15) is 5.56 Å². The molecule has 1 aliphatic rings. The van der Waals surface area contributed by atoms with Crippen molar-refractivity contribution in [3.05, 3.63) is 59.2 Å². The van der Waals surface area contributed by atoms with E-state index >= 15 is 0 Å². The van der Waals surface area contributed by atoms with Gasteiger partial charge in [-0.2, -0.15) is 0 Å². The Morgan fingerprint density at radius 3 is 2.86 bits per heavy atom. The van der Waals surface area contributed by atoms with Gasteiger partial charge in [0.2, 0.25) is 5.88 Å². The van der Waals surface area contributed by atoms with Crippen molar-refractivity contribution in [1.82, 2.24) is 9.88 Å². The van der Waals surface area contributed by atoms with Crippen LogP contribution in [0.2, 0.25) is 5.02 Å². The van der Waals surface area contributed by atoms with E-state index < -0.39 is 0 Å². The lowest BCUT2D eigenvalue weighted by molar-refractivity contribution is -0.0510. The fraction of sp³-hybridized carbons (Fsp3) is 0.353. The molecule has 1 aromatic heterocycles. The molecule has 1 aromatic carbocycles. The number of hydrogen-bond donors (Lipinski definition) is 0. The van der Waals surface area contributed by atoms with Crippen LogP contribution in [-0.4, -0.2) is 42.3 Å². The lowest BCUT2D eigenvalue weighted by Gasteiger charge is -2.32. The minimum absolute atomic E-state index is 0.0723. The highest BCUT2D eigenvalue weighted by atomic mass is 35.5. The van der Waals surface area contributed by atoms with Gasteiger partial charge in [-0.15, -0.1) is 0 Å². The van der Waals surface area contributed by atoms with E-state index in [0.717, 1.165) is 31.3 Å². The average molecular weight is 319 g/mol. The lowest BCUT2D eigenvalue weighted by atomic mass is 10.2. The summed E-state index contributed by atoms with van der Waals surface area (Å²) in [5, 5.41) is 0.771. The second kappa shape index (κ2) is 7.58. The van der Waals surface area contributed by atoms with Crippen molar-refractivity contribution in [3.63, 3.8) is 0 Å². The summed E-state index contributed by atoms with van der Waals surface area (Å²) in [5.74, 6) is 0.640. The van der Waals surface area contributed by atoms with Crippen LogP contribution in [0, 0.1) is 0 Å². The van der Waals surface area contributed by atoms with Gasteiger partial charge in [0, 0.05) is 36.9 Å². The molecule has 1 aliphatic heterocycles. The zero-order chi connectivity index (χ0) is 15.2. The molecule has 1 fully saturated rings. The molecular formula is C17H19ClN2O2. The number of pyridine rings is 1. The Labute approximate surface area is 135 Å². The van der Waals surface area contributed by atoms with Crippen molar-refractivity contribution < 1.29 is 9.47 Å². The molecule has 2 heterocycles. The smallest absolute Gasteiger partial charge is 0.213 e. The Morgan fingerprint density at radius 1 is 1.23 bits per heavy atom. The first-order valence-corrected chi connectivity index (χ1v) is 7.79. The normalized spacial score (nSPS) is 19.0. The summed E-state index contributed by atoms with van der Waals surface area (Å²) in [6.07, 6.45) is 1.80. The second-order valence-electron chi connectivity index (χ2n) is 5.33. The summed E-state index contributed by atoms with van der Waals surface area (Å²) in [7, 11) is 0. The van der Waals surface area contributed by atoms with Crippen LogP contribution < -0.4 is 4.74 Å².